The van der Waals surface area contributed by atoms with Crippen LogP contribution in [0, 0.1) is 0 Å². The molecule has 0 spiro atoms. The van der Waals surface area contributed by atoms with Crippen molar-refractivity contribution in [3.8, 4) is 0 Å². The predicted molar refractivity (Wildman–Crippen MR) is 82.5 cm³/mol. The number of hydrogen-bond acceptors (Lipinski definition) is 3. The van der Waals surface area contributed by atoms with Gasteiger partial charge in [0, 0.05) is 12.1 Å². The van der Waals surface area contributed by atoms with Crippen molar-refractivity contribution < 1.29 is 4.79 Å². The summed E-state index contributed by atoms with van der Waals surface area (Å²) in [5.41, 5.74) is 5.84. The van der Waals surface area contributed by atoms with Crippen LogP contribution in [0.2, 0.25) is 0 Å². The van der Waals surface area contributed by atoms with Gasteiger partial charge in [0.25, 0.3) is 0 Å². The third kappa shape index (κ3) is 3.34. The number of carbonyl (C=O) groups is 1. The van der Waals surface area contributed by atoms with Crippen molar-refractivity contribution >= 4 is 5.91 Å². The van der Waals surface area contributed by atoms with E-state index in [-0.39, 0.29) is 11.4 Å². The SMILES string of the molecule is CN(C)C1(CNC(=O)C2(N)CCCCC2)CCCCC1. The zero-order chi connectivity index (χ0) is 14.6. The van der Waals surface area contributed by atoms with Crippen molar-refractivity contribution in [2.24, 2.45) is 5.73 Å². The Labute approximate surface area is 123 Å². The Hall–Kier alpha value is -0.610. The van der Waals surface area contributed by atoms with Crippen LogP contribution in [-0.2, 0) is 4.79 Å². The molecule has 20 heavy (non-hydrogen) atoms. The molecule has 0 aliphatic heterocycles. The molecule has 0 saturated heterocycles. The van der Waals surface area contributed by atoms with Gasteiger partial charge in [0.1, 0.15) is 0 Å². The lowest BCUT2D eigenvalue weighted by atomic mass is 9.79. The number of likely N-dealkylation sites (N-methyl/N-ethyl adjacent to an activating group) is 1. The van der Waals surface area contributed by atoms with Gasteiger partial charge in [-0.1, -0.05) is 38.5 Å². The quantitative estimate of drug-likeness (QED) is 0.829. The summed E-state index contributed by atoms with van der Waals surface area (Å²) in [6, 6.07) is 0. The van der Waals surface area contributed by atoms with E-state index >= 15 is 0 Å². The van der Waals surface area contributed by atoms with Gasteiger partial charge in [-0.2, -0.15) is 0 Å². The highest BCUT2D eigenvalue weighted by Gasteiger charge is 2.39. The molecule has 0 atom stereocenters. The molecule has 116 valence electrons. The molecule has 2 fully saturated rings. The fraction of sp³-hybridized carbons (Fsp3) is 0.938. The fourth-order valence-electron chi connectivity index (χ4n) is 3.82. The molecule has 0 aromatic heterocycles. The van der Waals surface area contributed by atoms with Gasteiger partial charge in [-0.3, -0.25) is 4.79 Å². The number of nitrogens with two attached hydrogens (primary N) is 1. The average Bonchev–Trinajstić information content (AvgIpc) is 2.46. The Morgan fingerprint density at radius 3 is 2.00 bits per heavy atom. The molecule has 0 heterocycles. The van der Waals surface area contributed by atoms with E-state index in [0.29, 0.717) is 0 Å². The van der Waals surface area contributed by atoms with Crippen molar-refractivity contribution in [1.29, 1.82) is 0 Å². The van der Waals surface area contributed by atoms with Crippen molar-refractivity contribution in [3.05, 3.63) is 0 Å². The maximum atomic E-state index is 12.5. The third-order valence-corrected chi connectivity index (χ3v) is 5.51. The molecular weight excluding hydrogens is 250 g/mol. The Balaban J connectivity index is 1.93. The number of nitrogens with one attached hydrogen (secondary N) is 1. The van der Waals surface area contributed by atoms with Gasteiger partial charge in [-0.05, 0) is 39.8 Å². The van der Waals surface area contributed by atoms with Crippen LogP contribution in [-0.4, -0.2) is 42.5 Å². The minimum absolute atomic E-state index is 0.0731. The second-order valence-corrected chi connectivity index (χ2v) is 7.08. The van der Waals surface area contributed by atoms with E-state index in [4.69, 9.17) is 5.73 Å². The lowest BCUT2D eigenvalue weighted by Crippen LogP contribution is -2.60. The van der Waals surface area contributed by atoms with E-state index in [2.05, 4.69) is 24.3 Å². The van der Waals surface area contributed by atoms with Crippen LogP contribution in [0.1, 0.15) is 64.2 Å². The van der Waals surface area contributed by atoms with E-state index in [1.54, 1.807) is 0 Å². The molecule has 2 rings (SSSR count). The van der Waals surface area contributed by atoms with E-state index < -0.39 is 5.54 Å². The minimum Gasteiger partial charge on any atom is -0.353 e. The average molecular weight is 281 g/mol. The molecule has 1 amide bonds. The highest BCUT2D eigenvalue weighted by Crippen LogP contribution is 2.32. The van der Waals surface area contributed by atoms with Crippen molar-refractivity contribution in [2.45, 2.75) is 75.3 Å². The number of amides is 1. The molecule has 2 aliphatic carbocycles. The van der Waals surface area contributed by atoms with E-state index in [1.807, 2.05) is 0 Å². The van der Waals surface area contributed by atoms with Gasteiger partial charge in [0.15, 0.2) is 0 Å². The molecular formula is C16H31N3O. The highest BCUT2D eigenvalue weighted by molar-refractivity contribution is 5.86. The number of hydrogen-bond donors (Lipinski definition) is 2. The first-order valence-corrected chi connectivity index (χ1v) is 8.23. The maximum Gasteiger partial charge on any atom is 0.240 e. The molecule has 0 unspecified atom stereocenters. The van der Waals surface area contributed by atoms with Gasteiger partial charge in [-0.15, -0.1) is 0 Å². The van der Waals surface area contributed by atoms with Gasteiger partial charge in [0.05, 0.1) is 5.54 Å². The first-order valence-electron chi connectivity index (χ1n) is 8.23. The van der Waals surface area contributed by atoms with Crippen LogP contribution in [0.3, 0.4) is 0 Å². The van der Waals surface area contributed by atoms with E-state index in [0.717, 1.165) is 32.2 Å². The Bertz CT molecular complexity index is 329. The van der Waals surface area contributed by atoms with E-state index in [9.17, 15) is 4.79 Å². The first-order chi connectivity index (χ1) is 9.49. The Kier molecular flexibility index (Phi) is 5.08. The molecule has 3 N–H and O–H groups in total. The standard InChI is InChI=1S/C16H31N3O/c1-19(2)15(9-5-3-6-10-15)13-18-14(20)16(17)11-7-4-8-12-16/h3-13,17H2,1-2H3,(H,18,20). The predicted octanol–water partition coefficient (Wildman–Crippen LogP) is 2.03. The summed E-state index contributed by atoms with van der Waals surface area (Å²) >= 11 is 0. The minimum atomic E-state index is -0.611. The summed E-state index contributed by atoms with van der Waals surface area (Å²) in [5, 5.41) is 3.18. The summed E-state index contributed by atoms with van der Waals surface area (Å²) < 4.78 is 0. The Morgan fingerprint density at radius 1 is 1.00 bits per heavy atom. The van der Waals surface area contributed by atoms with Gasteiger partial charge >= 0.3 is 0 Å². The molecule has 2 saturated carbocycles. The first kappa shape index (κ1) is 15.8. The lowest BCUT2D eigenvalue weighted by molar-refractivity contribution is -0.128. The molecule has 0 aromatic rings. The van der Waals surface area contributed by atoms with Crippen molar-refractivity contribution in [3.63, 3.8) is 0 Å². The van der Waals surface area contributed by atoms with Crippen molar-refractivity contribution in [1.82, 2.24) is 10.2 Å². The van der Waals surface area contributed by atoms with Crippen molar-refractivity contribution in [2.75, 3.05) is 20.6 Å². The smallest absolute Gasteiger partial charge is 0.240 e. The fourth-order valence-corrected chi connectivity index (χ4v) is 3.82. The van der Waals surface area contributed by atoms with Gasteiger partial charge < -0.3 is 16.0 Å². The summed E-state index contributed by atoms with van der Waals surface area (Å²) in [7, 11) is 4.27. The number of rotatable bonds is 4. The lowest BCUT2D eigenvalue weighted by Gasteiger charge is -2.44. The zero-order valence-electron chi connectivity index (χ0n) is 13.2. The topological polar surface area (TPSA) is 58.4 Å². The summed E-state index contributed by atoms with van der Waals surface area (Å²) in [4.78, 5) is 14.8. The van der Waals surface area contributed by atoms with Crippen LogP contribution >= 0.6 is 0 Å². The van der Waals surface area contributed by atoms with Crippen LogP contribution in [0.15, 0.2) is 0 Å². The molecule has 4 heteroatoms. The third-order valence-electron chi connectivity index (χ3n) is 5.51. The zero-order valence-corrected chi connectivity index (χ0v) is 13.2. The Morgan fingerprint density at radius 2 is 1.50 bits per heavy atom. The largest absolute Gasteiger partial charge is 0.353 e. The normalized spacial score (nSPS) is 25.4. The molecule has 4 nitrogen and oxygen atoms in total. The molecule has 0 bridgehead atoms. The monoisotopic (exact) mass is 281 g/mol. The summed E-state index contributed by atoms with van der Waals surface area (Å²) in [6.07, 6.45) is 11.3. The van der Waals surface area contributed by atoms with Crippen LogP contribution in [0.4, 0.5) is 0 Å². The van der Waals surface area contributed by atoms with Gasteiger partial charge in [-0.25, -0.2) is 0 Å². The maximum absolute atomic E-state index is 12.5. The van der Waals surface area contributed by atoms with E-state index in [1.165, 1.54) is 38.5 Å². The van der Waals surface area contributed by atoms with Crippen LogP contribution in [0.5, 0.6) is 0 Å². The van der Waals surface area contributed by atoms with Gasteiger partial charge in [0.2, 0.25) is 5.91 Å². The number of nitrogens with zero attached hydrogens (tertiary/aromatic N) is 1. The molecule has 2 aliphatic rings. The van der Waals surface area contributed by atoms with Crippen LogP contribution in [0.25, 0.3) is 0 Å². The summed E-state index contributed by atoms with van der Waals surface area (Å²) in [6.45, 7) is 0.748. The number of carbonyl (C=O) groups excluding carboxylic acids is 1. The highest BCUT2D eigenvalue weighted by atomic mass is 16.2. The second kappa shape index (κ2) is 6.44. The molecule has 0 radical (unpaired) electrons. The summed E-state index contributed by atoms with van der Waals surface area (Å²) in [5.74, 6) is 0.0731. The van der Waals surface area contributed by atoms with Crippen LogP contribution < -0.4 is 11.1 Å². The second-order valence-electron chi connectivity index (χ2n) is 7.08. The molecule has 0 aromatic carbocycles.